The van der Waals surface area contributed by atoms with E-state index in [2.05, 4.69) is 5.32 Å². The summed E-state index contributed by atoms with van der Waals surface area (Å²) in [6.07, 6.45) is 3.05. The van der Waals surface area contributed by atoms with Crippen molar-refractivity contribution in [2.24, 2.45) is 0 Å². The van der Waals surface area contributed by atoms with Gasteiger partial charge in [0, 0.05) is 26.6 Å². The summed E-state index contributed by atoms with van der Waals surface area (Å²) in [7, 11) is 0. The summed E-state index contributed by atoms with van der Waals surface area (Å²) < 4.78 is 0. The van der Waals surface area contributed by atoms with Crippen molar-refractivity contribution in [1.82, 2.24) is 5.32 Å². The van der Waals surface area contributed by atoms with E-state index in [0.717, 1.165) is 4.88 Å². The molecule has 1 heterocycles. The summed E-state index contributed by atoms with van der Waals surface area (Å²) in [6, 6.07) is 9.15. The number of carbonyl (C=O) groups excluding carboxylic acids is 1. The van der Waals surface area contributed by atoms with Gasteiger partial charge in [0.1, 0.15) is 0 Å². The Labute approximate surface area is 125 Å². The Balaban J connectivity index is 1.96. The van der Waals surface area contributed by atoms with Crippen molar-refractivity contribution in [2.45, 2.75) is 6.54 Å². The minimum atomic E-state index is -0.176. The molecule has 0 bridgehead atoms. The third kappa shape index (κ3) is 4.10. The molecular formula is C14H11Cl2NOS. The van der Waals surface area contributed by atoms with E-state index in [0.29, 0.717) is 22.2 Å². The van der Waals surface area contributed by atoms with Crippen LogP contribution in [0.15, 0.2) is 41.8 Å². The van der Waals surface area contributed by atoms with Crippen LogP contribution in [-0.4, -0.2) is 5.91 Å². The highest BCUT2D eigenvalue weighted by Crippen LogP contribution is 2.25. The van der Waals surface area contributed by atoms with Gasteiger partial charge in [-0.3, -0.25) is 4.79 Å². The smallest absolute Gasteiger partial charge is 0.244 e. The fourth-order valence-corrected chi connectivity index (χ4v) is 2.64. The molecule has 0 aliphatic carbocycles. The topological polar surface area (TPSA) is 29.1 Å². The zero-order valence-electron chi connectivity index (χ0n) is 9.90. The van der Waals surface area contributed by atoms with Crippen molar-refractivity contribution in [2.75, 3.05) is 0 Å². The van der Waals surface area contributed by atoms with Crippen LogP contribution in [0.4, 0.5) is 0 Å². The number of thiophene rings is 1. The molecule has 0 unspecified atom stereocenters. The molecule has 98 valence electrons. The Morgan fingerprint density at radius 1 is 1.21 bits per heavy atom. The highest BCUT2D eigenvalue weighted by atomic mass is 35.5. The second-order valence-corrected chi connectivity index (χ2v) is 5.61. The third-order valence-corrected chi connectivity index (χ3v) is 3.95. The fraction of sp³-hybridized carbons (Fsp3) is 0.0714. The standard InChI is InChI=1S/C14H11Cl2NOS/c15-12-4-1-5-13(16)11(12)6-7-14(18)17-9-10-3-2-8-19-10/h1-8H,9H2,(H,17,18)/b7-6+. The summed E-state index contributed by atoms with van der Waals surface area (Å²) in [5.74, 6) is -0.176. The van der Waals surface area contributed by atoms with E-state index < -0.39 is 0 Å². The molecule has 0 radical (unpaired) electrons. The molecule has 0 saturated heterocycles. The van der Waals surface area contributed by atoms with Crippen molar-refractivity contribution in [3.8, 4) is 0 Å². The number of benzene rings is 1. The molecule has 5 heteroatoms. The van der Waals surface area contributed by atoms with Gasteiger partial charge in [0.2, 0.25) is 5.91 Å². The zero-order valence-corrected chi connectivity index (χ0v) is 12.2. The third-order valence-electron chi connectivity index (χ3n) is 2.42. The van der Waals surface area contributed by atoms with E-state index in [9.17, 15) is 4.79 Å². The molecule has 0 saturated carbocycles. The molecule has 2 aromatic rings. The van der Waals surface area contributed by atoms with Crippen LogP contribution in [0.2, 0.25) is 10.0 Å². The Morgan fingerprint density at radius 2 is 1.95 bits per heavy atom. The number of amides is 1. The predicted molar refractivity (Wildman–Crippen MR) is 81.7 cm³/mol. The van der Waals surface area contributed by atoms with Crippen LogP contribution in [0, 0.1) is 0 Å². The monoisotopic (exact) mass is 311 g/mol. The molecule has 2 rings (SSSR count). The van der Waals surface area contributed by atoms with Gasteiger partial charge in [0.15, 0.2) is 0 Å². The Bertz CT molecular complexity index is 573. The summed E-state index contributed by atoms with van der Waals surface area (Å²) in [4.78, 5) is 12.8. The summed E-state index contributed by atoms with van der Waals surface area (Å²) >= 11 is 13.6. The lowest BCUT2D eigenvalue weighted by Gasteiger charge is -2.01. The Kier molecular flexibility index (Phi) is 5.02. The van der Waals surface area contributed by atoms with Crippen LogP contribution in [-0.2, 0) is 11.3 Å². The van der Waals surface area contributed by atoms with Crippen LogP contribution in [0.1, 0.15) is 10.4 Å². The highest BCUT2D eigenvalue weighted by molar-refractivity contribution is 7.09. The molecule has 2 nitrogen and oxygen atoms in total. The molecule has 0 atom stereocenters. The van der Waals surface area contributed by atoms with Crippen molar-refractivity contribution in [1.29, 1.82) is 0 Å². The minimum absolute atomic E-state index is 0.176. The van der Waals surface area contributed by atoms with Gasteiger partial charge < -0.3 is 5.32 Å². The quantitative estimate of drug-likeness (QED) is 0.834. The van der Waals surface area contributed by atoms with E-state index in [1.807, 2.05) is 17.5 Å². The van der Waals surface area contributed by atoms with Gasteiger partial charge in [-0.1, -0.05) is 35.3 Å². The van der Waals surface area contributed by atoms with E-state index >= 15 is 0 Å². The predicted octanol–water partition coefficient (Wildman–Crippen LogP) is 4.38. The van der Waals surface area contributed by atoms with Crippen LogP contribution >= 0.6 is 34.5 Å². The lowest BCUT2D eigenvalue weighted by Crippen LogP contribution is -2.19. The van der Waals surface area contributed by atoms with E-state index in [4.69, 9.17) is 23.2 Å². The number of carbonyl (C=O) groups is 1. The van der Waals surface area contributed by atoms with E-state index in [1.54, 1.807) is 35.6 Å². The van der Waals surface area contributed by atoms with Gasteiger partial charge in [0.05, 0.1) is 6.54 Å². The van der Waals surface area contributed by atoms with Gasteiger partial charge >= 0.3 is 0 Å². The van der Waals surface area contributed by atoms with Crippen molar-refractivity contribution in [3.05, 3.63) is 62.3 Å². The SMILES string of the molecule is O=C(/C=C/c1c(Cl)cccc1Cl)NCc1cccs1. The molecule has 0 aliphatic heterocycles. The number of nitrogens with one attached hydrogen (secondary N) is 1. The summed E-state index contributed by atoms with van der Waals surface area (Å²) in [5.41, 5.74) is 0.650. The first-order valence-electron chi connectivity index (χ1n) is 5.59. The van der Waals surface area contributed by atoms with Crippen LogP contribution in [0.25, 0.3) is 6.08 Å². The molecule has 19 heavy (non-hydrogen) atoms. The first-order chi connectivity index (χ1) is 9.16. The van der Waals surface area contributed by atoms with Crippen molar-refractivity contribution >= 4 is 46.5 Å². The zero-order chi connectivity index (χ0) is 13.7. The lowest BCUT2D eigenvalue weighted by molar-refractivity contribution is -0.116. The van der Waals surface area contributed by atoms with Gasteiger partial charge in [-0.15, -0.1) is 11.3 Å². The highest BCUT2D eigenvalue weighted by Gasteiger charge is 2.02. The fourth-order valence-electron chi connectivity index (χ4n) is 1.48. The lowest BCUT2D eigenvalue weighted by atomic mass is 10.2. The van der Waals surface area contributed by atoms with Crippen molar-refractivity contribution in [3.63, 3.8) is 0 Å². The average molecular weight is 312 g/mol. The first kappa shape index (κ1) is 14.1. The second-order valence-electron chi connectivity index (χ2n) is 3.77. The molecule has 1 amide bonds. The molecule has 0 aliphatic rings. The van der Waals surface area contributed by atoms with Crippen LogP contribution in [0.5, 0.6) is 0 Å². The van der Waals surface area contributed by atoms with Gasteiger partial charge in [0.25, 0.3) is 0 Å². The molecular weight excluding hydrogens is 301 g/mol. The maximum Gasteiger partial charge on any atom is 0.244 e. The summed E-state index contributed by atoms with van der Waals surface area (Å²) in [6.45, 7) is 0.525. The first-order valence-corrected chi connectivity index (χ1v) is 7.22. The van der Waals surface area contributed by atoms with Crippen LogP contribution in [0.3, 0.4) is 0 Å². The number of hydrogen-bond acceptors (Lipinski definition) is 2. The summed E-state index contributed by atoms with van der Waals surface area (Å²) in [5, 5.41) is 5.81. The van der Waals surface area contributed by atoms with Crippen LogP contribution < -0.4 is 5.32 Å². The normalized spacial score (nSPS) is 10.8. The maximum absolute atomic E-state index is 11.7. The largest absolute Gasteiger partial charge is 0.348 e. The van der Waals surface area contributed by atoms with Gasteiger partial charge in [-0.25, -0.2) is 0 Å². The maximum atomic E-state index is 11.7. The molecule has 1 N–H and O–H groups in total. The minimum Gasteiger partial charge on any atom is -0.348 e. The van der Waals surface area contributed by atoms with Crippen molar-refractivity contribution < 1.29 is 4.79 Å². The van der Waals surface area contributed by atoms with E-state index in [1.165, 1.54) is 6.08 Å². The molecule has 1 aromatic heterocycles. The van der Waals surface area contributed by atoms with Gasteiger partial charge in [-0.2, -0.15) is 0 Å². The van der Waals surface area contributed by atoms with E-state index in [-0.39, 0.29) is 5.91 Å². The number of rotatable bonds is 4. The van der Waals surface area contributed by atoms with Gasteiger partial charge in [-0.05, 0) is 29.7 Å². The molecule has 0 fully saturated rings. The average Bonchev–Trinajstić information content (AvgIpc) is 2.89. The Morgan fingerprint density at radius 3 is 2.58 bits per heavy atom. The second kappa shape index (κ2) is 6.75. The molecule has 1 aromatic carbocycles. The number of hydrogen-bond donors (Lipinski definition) is 1. The Hall–Kier alpha value is -1.29. The number of halogens is 2. The molecule has 0 spiro atoms.